The molecule has 0 spiro atoms. The van der Waals surface area contributed by atoms with E-state index in [4.69, 9.17) is 5.11 Å². The molecule has 14 heavy (non-hydrogen) atoms. The third-order valence-electron chi connectivity index (χ3n) is 2.01. The molecule has 0 unspecified atom stereocenters. The maximum atomic E-state index is 10.2. The first-order valence-corrected chi connectivity index (χ1v) is 5.87. The molecule has 0 rings (SSSR count). The SMILES string of the molecule is O=C(O)CCCCCCCCC#CBr. The van der Waals surface area contributed by atoms with Gasteiger partial charge in [-0.3, -0.25) is 4.79 Å². The van der Waals surface area contributed by atoms with Gasteiger partial charge < -0.3 is 5.11 Å². The molecule has 0 aromatic carbocycles. The molecule has 1 N–H and O–H groups in total. The van der Waals surface area contributed by atoms with Crippen molar-refractivity contribution < 1.29 is 9.90 Å². The first kappa shape index (κ1) is 13.5. The van der Waals surface area contributed by atoms with Crippen molar-refractivity contribution in [3.8, 4) is 10.8 Å². The van der Waals surface area contributed by atoms with Gasteiger partial charge in [0.1, 0.15) is 0 Å². The highest BCUT2D eigenvalue weighted by atomic mass is 79.9. The minimum absolute atomic E-state index is 0.315. The Morgan fingerprint density at radius 1 is 1.07 bits per heavy atom. The average molecular weight is 261 g/mol. The van der Waals surface area contributed by atoms with Crippen molar-refractivity contribution in [2.75, 3.05) is 0 Å². The quantitative estimate of drug-likeness (QED) is 0.536. The standard InChI is InChI=1S/C11H17BrO2/c12-10-8-6-4-2-1-3-5-7-9-11(13)14/h1-7,9H2,(H,13,14). The van der Waals surface area contributed by atoms with Crippen LogP contribution in [0.4, 0.5) is 0 Å². The minimum Gasteiger partial charge on any atom is -0.481 e. The first-order chi connectivity index (χ1) is 6.77. The maximum Gasteiger partial charge on any atom is 0.303 e. The van der Waals surface area contributed by atoms with Crippen LogP contribution >= 0.6 is 15.9 Å². The fraction of sp³-hybridized carbons (Fsp3) is 0.727. The van der Waals surface area contributed by atoms with E-state index >= 15 is 0 Å². The number of unbranched alkanes of at least 4 members (excludes halogenated alkanes) is 6. The van der Waals surface area contributed by atoms with Crippen LogP contribution in [0.3, 0.4) is 0 Å². The molecule has 0 saturated heterocycles. The second-order valence-corrected chi connectivity index (χ2v) is 3.68. The summed E-state index contributed by atoms with van der Waals surface area (Å²) in [7, 11) is 0. The Hall–Kier alpha value is -0.490. The minimum atomic E-state index is -0.683. The topological polar surface area (TPSA) is 37.3 Å². The zero-order valence-electron chi connectivity index (χ0n) is 8.39. The van der Waals surface area contributed by atoms with Gasteiger partial charge in [-0.1, -0.05) is 31.6 Å². The van der Waals surface area contributed by atoms with E-state index in [9.17, 15) is 4.79 Å². The van der Waals surface area contributed by atoms with E-state index in [1.165, 1.54) is 12.8 Å². The maximum absolute atomic E-state index is 10.2. The van der Waals surface area contributed by atoms with Crippen LogP contribution in [0.2, 0.25) is 0 Å². The van der Waals surface area contributed by atoms with Crippen molar-refractivity contribution in [3.05, 3.63) is 0 Å². The Morgan fingerprint density at radius 2 is 1.64 bits per heavy atom. The highest BCUT2D eigenvalue weighted by Gasteiger charge is 1.95. The van der Waals surface area contributed by atoms with Gasteiger partial charge in [-0.2, -0.15) is 0 Å². The molecule has 80 valence electrons. The van der Waals surface area contributed by atoms with E-state index in [1.54, 1.807) is 0 Å². The third-order valence-corrected chi connectivity index (χ3v) is 2.29. The normalized spacial score (nSPS) is 9.21. The molecule has 0 heterocycles. The van der Waals surface area contributed by atoms with Crippen LogP contribution in [-0.4, -0.2) is 11.1 Å². The number of halogens is 1. The summed E-state index contributed by atoms with van der Waals surface area (Å²) in [6.07, 6.45) is 7.83. The molecular formula is C11H17BrO2. The first-order valence-electron chi connectivity index (χ1n) is 5.07. The summed E-state index contributed by atoms with van der Waals surface area (Å²) in [4.78, 5) is 12.9. The highest BCUT2D eigenvalue weighted by Crippen LogP contribution is 2.08. The summed E-state index contributed by atoms with van der Waals surface area (Å²) in [5.74, 6) is 2.27. The molecule has 0 aliphatic heterocycles. The van der Waals surface area contributed by atoms with E-state index in [2.05, 4.69) is 26.7 Å². The van der Waals surface area contributed by atoms with Gasteiger partial charge >= 0.3 is 5.97 Å². The molecule has 0 aromatic heterocycles. The second-order valence-electron chi connectivity index (χ2n) is 3.29. The molecule has 0 bridgehead atoms. The monoisotopic (exact) mass is 260 g/mol. The average Bonchev–Trinajstić information content (AvgIpc) is 2.15. The van der Waals surface area contributed by atoms with Gasteiger partial charge in [0.15, 0.2) is 0 Å². The fourth-order valence-corrected chi connectivity index (χ4v) is 1.44. The Balaban J connectivity index is 2.98. The van der Waals surface area contributed by atoms with E-state index in [0.717, 1.165) is 32.1 Å². The number of aliphatic carboxylic acids is 1. The number of carbonyl (C=O) groups is 1. The second kappa shape index (κ2) is 10.6. The summed E-state index contributed by atoms with van der Waals surface area (Å²) in [5, 5.41) is 8.39. The highest BCUT2D eigenvalue weighted by molar-refractivity contribution is 9.12. The van der Waals surface area contributed by atoms with E-state index in [0.29, 0.717) is 6.42 Å². The molecule has 0 aliphatic rings. The molecule has 0 amide bonds. The van der Waals surface area contributed by atoms with Gasteiger partial charge in [0.05, 0.1) is 0 Å². The molecule has 0 atom stereocenters. The van der Waals surface area contributed by atoms with Gasteiger partial charge in [0.2, 0.25) is 0 Å². The van der Waals surface area contributed by atoms with Gasteiger partial charge in [-0.15, -0.1) is 0 Å². The van der Waals surface area contributed by atoms with Crippen molar-refractivity contribution in [2.45, 2.75) is 51.4 Å². The van der Waals surface area contributed by atoms with Crippen LogP contribution in [-0.2, 0) is 4.79 Å². The summed E-state index contributed by atoms with van der Waals surface area (Å²) < 4.78 is 0. The number of rotatable bonds is 8. The molecule has 0 aliphatic carbocycles. The van der Waals surface area contributed by atoms with Crippen LogP contribution in [0.15, 0.2) is 0 Å². The van der Waals surface area contributed by atoms with Gasteiger partial charge in [0.25, 0.3) is 0 Å². The zero-order chi connectivity index (χ0) is 10.6. The lowest BCUT2D eigenvalue weighted by molar-refractivity contribution is -0.137. The molecule has 2 nitrogen and oxygen atoms in total. The molecule has 0 aromatic rings. The van der Waals surface area contributed by atoms with E-state index < -0.39 is 5.97 Å². The van der Waals surface area contributed by atoms with Gasteiger partial charge in [-0.05, 0) is 17.7 Å². The zero-order valence-corrected chi connectivity index (χ0v) is 9.98. The number of hydrogen-bond donors (Lipinski definition) is 1. The van der Waals surface area contributed by atoms with Crippen LogP contribution in [0, 0.1) is 10.8 Å². The Bertz CT molecular complexity index is 203. The van der Waals surface area contributed by atoms with Crippen LogP contribution < -0.4 is 0 Å². The van der Waals surface area contributed by atoms with E-state index in [-0.39, 0.29) is 0 Å². The lowest BCUT2D eigenvalue weighted by Gasteiger charge is -1.98. The molecular weight excluding hydrogens is 244 g/mol. The Morgan fingerprint density at radius 3 is 2.21 bits per heavy atom. The molecule has 3 heteroatoms. The fourth-order valence-electron chi connectivity index (χ4n) is 1.24. The predicted molar refractivity (Wildman–Crippen MR) is 61.3 cm³/mol. The predicted octanol–water partition coefficient (Wildman–Crippen LogP) is 3.55. The summed E-state index contributed by atoms with van der Waals surface area (Å²) >= 11 is 3.05. The van der Waals surface area contributed by atoms with Crippen molar-refractivity contribution in [3.63, 3.8) is 0 Å². The van der Waals surface area contributed by atoms with Gasteiger partial charge in [-0.25, -0.2) is 0 Å². The van der Waals surface area contributed by atoms with Crippen molar-refractivity contribution in [1.29, 1.82) is 0 Å². The third kappa shape index (κ3) is 11.5. The molecule has 0 radical (unpaired) electrons. The van der Waals surface area contributed by atoms with Crippen LogP contribution in [0.5, 0.6) is 0 Å². The lowest BCUT2D eigenvalue weighted by Crippen LogP contribution is -1.93. The van der Waals surface area contributed by atoms with Gasteiger partial charge in [0, 0.05) is 28.8 Å². The molecule has 0 saturated carbocycles. The Kier molecular flexibility index (Phi) is 10.2. The lowest BCUT2D eigenvalue weighted by atomic mass is 10.1. The number of hydrogen-bond acceptors (Lipinski definition) is 1. The van der Waals surface area contributed by atoms with Crippen LogP contribution in [0.1, 0.15) is 51.4 Å². The summed E-state index contributed by atoms with van der Waals surface area (Å²) in [5.41, 5.74) is 0. The summed E-state index contributed by atoms with van der Waals surface area (Å²) in [6, 6.07) is 0. The van der Waals surface area contributed by atoms with Crippen molar-refractivity contribution in [1.82, 2.24) is 0 Å². The number of carboxylic acids is 1. The Labute approximate surface area is 94.2 Å². The molecule has 0 fully saturated rings. The smallest absolute Gasteiger partial charge is 0.303 e. The number of carboxylic acid groups (broad SMARTS) is 1. The van der Waals surface area contributed by atoms with Crippen molar-refractivity contribution in [2.24, 2.45) is 0 Å². The van der Waals surface area contributed by atoms with E-state index in [1.807, 2.05) is 0 Å². The van der Waals surface area contributed by atoms with Crippen LogP contribution in [0.25, 0.3) is 0 Å². The summed E-state index contributed by atoms with van der Waals surface area (Å²) in [6.45, 7) is 0. The van der Waals surface area contributed by atoms with Crippen molar-refractivity contribution >= 4 is 21.9 Å². The largest absolute Gasteiger partial charge is 0.481 e.